The topological polar surface area (TPSA) is 104 Å². The molecule has 0 aliphatic heterocycles. The standard InChI is InChI=1S/C15H10Br3NO6S2/c1-27(23,24)9-2-3-13(12(6-9)19(21)22)26-7-14(20)25-15-10(17)4-8(16)5-11(15)18/h2-6H,7H2,1H3. The monoisotopic (exact) mass is 601 g/mol. The van der Waals surface area contributed by atoms with E-state index in [0.29, 0.717) is 8.95 Å². The lowest BCUT2D eigenvalue weighted by molar-refractivity contribution is -0.388. The van der Waals surface area contributed by atoms with E-state index >= 15 is 0 Å². The Morgan fingerprint density at radius 1 is 1.19 bits per heavy atom. The third-order valence-corrected chi connectivity index (χ3v) is 6.86. The van der Waals surface area contributed by atoms with Crippen molar-refractivity contribution in [2.45, 2.75) is 9.79 Å². The highest BCUT2D eigenvalue weighted by atomic mass is 79.9. The van der Waals surface area contributed by atoms with E-state index in [9.17, 15) is 23.3 Å². The van der Waals surface area contributed by atoms with Gasteiger partial charge in [0.15, 0.2) is 15.6 Å². The van der Waals surface area contributed by atoms with Crippen molar-refractivity contribution in [1.82, 2.24) is 0 Å². The molecule has 2 rings (SSSR count). The minimum Gasteiger partial charge on any atom is -0.423 e. The van der Waals surface area contributed by atoms with Gasteiger partial charge in [-0.05, 0) is 56.1 Å². The van der Waals surface area contributed by atoms with Crippen molar-refractivity contribution in [2.75, 3.05) is 12.0 Å². The number of hydrogen-bond acceptors (Lipinski definition) is 7. The minimum atomic E-state index is -3.58. The van der Waals surface area contributed by atoms with E-state index in [1.807, 2.05) is 0 Å². The molecule has 0 spiro atoms. The van der Waals surface area contributed by atoms with Crippen LogP contribution in [0.25, 0.3) is 0 Å². The quantitative estimate of drug-likeness (QED) is 0.151. The van der Waals surface area contributed by atoms with E-state index in [4.69, 9.17) is 4.74 Å². The number of carbonyl (C=O) groups is 1. The summed E-state index contributed by atoms with van der Waals surface area (Å²) in [4.78, 5) is 22.7. The van der Waals surface area contributed by atoms with Crippen LogP contribution in [0, 0.1) is 10.1 Å². The zero-order chi connectivity index (χ0) is 20.4. The Labute approximate surface area is 184 Å². The Morgan fingerprint density at radius 3 is 2.30 bits per heavy atom. The Balaban J connectivity index is 2.17. The zero-order valence-corrected chi connectivity index (χ0v) is 19.8. The van der Waals surface area contributed by atoms with Crippen molar-refractivity contribution in [3.63, 3.8) is 0 Å². The van der Waals surface area contributed by atoms with Crippen LogP contribution in [0.2, 0.25) is 0 Å². The molecule has 0 aliphatic rings. The van der Waals surface area contributed by atoms with Crippen LogP contribution >= 0.6 is 59.6 Å². The van der Waals surface area contributed by atoms with Crippen LogP contribution < -0.4 is 4.74 Å². The maximum Gasteiger partial charge on any atom is 0.321 e. The van der Waals surface area contributed by atoms with Gasteiger partial charge in [-0.1, -0.05) is 15.9 Å². The van der Waals surface area contributed by atoms with Gasteiger partial charge in [0.1, 0.15) is 0 Å². The molecule has 0 aromatic heterocycles. The highest BCUT2D eigenvalue weighted by Gasteiger charge is 2.21. The van der Waals surface area contributed by atoms with E-state index in [1.54, 1.807) is 12.1 Å². The van der Waals surface area contributed by atoms with Gasteiger partial charge in [-0.25, -0.2) is 8.42 Å². The first-order chi connectivity index (χ1) is 12.5. The van der Waals surface area contributed by atoms with Gasteiger partial charge in [-0.2, -0.15) is 0 Å². The number of carbonyl (C=O) groups excluding carboxylic acids is 1. The fourth-order valence-electron chi connectivity index (χ4n) is 1.90. The van der Waals surface area contributed by atoms with Gasteiger partial charge in [0.05, 0.1) is 29.4 Å². The molecule has 0 saturated heterocycles. The number of nitro benzene ring substituents is 1. The molecule has 0 heterocycles. The number of nitrogens with zero attached hydrogens (tertiary/aromatic N) is 1. The lowest BCUT2D eigenvalue weighted by Gasteiger charge is -2.09. The molecule has 0 fully saturated rings. The second-order valence-electron chi connectivity index (χ2n) is 5.12. The highest BCUT2D eigenvalue weighted by molar-refractivity contribution is 9.11. The summed E-state index contributed by atoms with van der Waals surface area (Å²) < 4.78 is 30.3. The molecule has 0 atom stereocenters. The second kappa shape index (κ2) is 9.03. The fraction of sp³-hybridized carbons (Fsp3) is 0.133. The summed E-state index contributed by atoms with van der Waals surface area (Å²) in [5.74, 6) is -0.537. The lowest BCUT2D eigenvalue weighted by atomic mass is 10.3. The summed E-state index contributed by atoms with van der Waals surface area (Å²) in [5, 5.41) is 11.2. The molecule has 0 aliphatic carbocycles. The first kappa shape index (κ1) is 22.3. The van der Waals surface area contributed by atoms with Crippen LogP contribution in [0.4, 0.5) is 5.69 Å². The van der Waals surface area contributed by atoms with Gasteiger partial charge in [-0.15, -0.1) is 11.8 Å². The molecule has 0 amide bonds. The molecule has 2 aromatic rings. The van der Waals surface area contributed by atoms with E-state index in [2.05, 4.69) is 47.8 Å². The van der Waals surface area contributed by atoms with E-state index in [0.717, 1.165) is 28.6 Å². The maximum atomic E-state index is 12.1. The summed E-state index contributed by atoms with van der Waals surface area (Å²) in [7, 11) is -3.58. The number of sulfone groups is 1. The van der Waals surface area contributed by atoms with Gasteiger partial charge < -0.3 is 4.74 Å². The molecule has 0 bridgehead atoms. The SMILES string of the molecule is CS(=O)(=O)c1ccc(SCC(=O)Oc2c(Br)cc(Br)cc2Br)c([N+](=O)[O-])c1. The van der Waals surface area contributed by atoms with Crippen molar-refractivity contribution in [2.24, 2.45) is 0 Å². The smallest absolute Gasteiger partial charge is 0.321 e. The van der Waals surface area contributed by atoms with E-state index < -0.39 is 20.7 Å². The Hall–Kier alpha value is -0.950. The first-order valence-electron chi connectivity index (χ1n) is 6.95. The lowest BCUT2D eigenvalue weighted by Crippen LogP contribution is -2.11. The van der Waals surface area contributed by atoms with Crippen molar-refractivity contribution in [3.8, 4) is 5.75 Å². The zero-order valence-electron chi connectivity index (χ0n) is 13.4. The van der Waals surface area contributed by atoms with E-state index in [-0.39, 0.29) is 27.0 Å². The van der Waals surface area contributed by atoms with Gasteiger partial charge in [0.25, 0.3) is 5.69 Å². The summed E-state index contributed by atoms with van der Waals surface area (Å²) in [6.45, 7) is 0. The van der Waals surface area contributed by atoms with Crippen LogP contribution in [0.15, 0.2) is 53.5 Å². The average molecular weight is 604 g/mol. The number of hydrogen-bond donors (Lipinski definition) is 0. The number of rotatable bonds is 6. The molecule has 0 N–H and O–H groups in total. The molecule has 12 heteroatoms. The summed E-state index contributed by atoms with van der Waals surface area (Å²) in [5.41, 5.74) is -0.387. The Bertz CT molecular complexity index is 1000. The van der Waals surface area contributed by atoms with Gasteiger partial charge >= 0.3 is 5.97 Å². The third kappa shape index (κ3) is 6.01. The van der Waals surface area contributed by atoms with Crippen molar-refractivity contribution in [1.29, 1.82) is 0 Å². The predicted octanol–water partition coefficient (Wildman–Crippen LogP) is 4.98. The van der Waals surface area contributed by atoms with Gasteiger partial charge in [0.2, 0.25) is 0 Å². The van der Waals surface area contributed by atoms with Gasteiger partial charge in [0, 0.05) is 16.8 Å². The predicted molar refractivity (Wildman–Crippen MR) is 112 cm³/mol. The molecule has 144 valence electrons. The summed E-state index contributed by atoms with van der Waals surface area (Å²) in [6.07, 6.45) is 0.962. The number of esters is 1. The molecule has 0 saturated carbocycles. The molecular weight excluding hydrogens is 594 g/mol. The number of nitro groups is 1. The van der Waals surface area contributed by atoms with Crippen LogP contribution in [-0.4, -0.2) is 31.3 Å². The molecule has 0 radical (unpaired) electrons. The number of ether oxygens (including phenoxy) is 1. The second-order valence-corrected chi connectivity index (χ2v) is 10.8. The number of thioether (sulfide) groups is 1. The van der Waals surface area contributed by atoms with Crippen LogP contribution in [0.1, 0.15) is 0 Å². The molecule has 2 aromatic carbocycles. The molecular formula is C15H10Br3NO6S2. The molecule has 0 unspecified atom stereocenters. The van der Waals surface area contributed by atoms with Gasteiger partial charge in [-0.3, -0.25) is 14.9 Å². The van der Waals surface area contributed by atoms with Crippen molar-refractivity contribution >= 4 is 81.0 Å². The van der Waals surface area contributed by atoms with Crippen LogP contribution in [-0.2, 0) is 14.6 Å². The normalized spacial score (nSPS) is 11.3. The fourth-order valence-corrected chi connectivity index (χ4v) is 5.74. The number of benzene rings is 2. The van der Waals surface area contributed by atoms with Crippen molar-refractivity contribution < 1.29 is 22.9 Å². The third-order valence-electron chi connectivity index (χ3n) is 3.08. The maximum absolute atomic E-state index is 12.1. The largest absolute Gasteiger partial charge is 0.423 e. The molecule has 27 heavy (non-hydrogen) atoms. The summed E-state index contributed by atoms with van der Waals surface area (Å²) >= 11 is 10.8. The van der Waals surface area contributed by atoms with Crippen LogP contribution in [0.5, 0.6) is 5.75 Å². The Kier molecular flexibility index (Phi) is 7.47. The highest BCUT2D eigenvalue weighted by Crippen LogP contribution is 2.37. The number of halogens is 3. The average Bonchev–Trinajstić information content (AvgIpc) is 2.55. The van der Waals surface area contributed by atoms with E-state index in [1.165, 1.54) is 12.1 Å². The van der Waals surface area contributed by atoms with Crippen LogP contribution in [0.3, 0.4) is 0 Å². The summed E-state index contributed by atoms with van der Waals surface area (Å²) in [6, 6.07) is 6.95. The van der Waals surface area contributed by atoms with Crippen molar-refractivity contribution in [3.05, 3.63) is 53.9 Å². The Morgan fingerprint density at radius 2 is 1.78 bits per heavy atom. The molecule has 7 nitrogen and oxygen atoms in total. The minimum absolute atomic E-state index is 0.163. The first-order valence-corrected chi connectivity index (χ1v) is 12.2.